The number of rotatable bonds is 0. The van der Waals surface area contributed by atoms with Crippen LogP contribution in [0.4, 0.5) is 13.2 Å². The molecule has 0 bridgehead atoms. The molecule has 0 unspecified atom stereocenters. The minimum Gasteiger partial charge on any atom is -0.192 e. The summed E-state index contributed by atoms with van der Waals surface area (Å²) in [6.07, 6.45) is -4.37. The predicted octanol–water partition coefficient (Wildman–Crippen LogP) is 3.98. The van der Waals surface area contributed by atoms with Crippen LogP contribution in [0.15, 0.2) is 48.5 Å². The molecule has 0 spiro atoms. The van der Waals surface area contributed by atoms with Gasteiger partial charge in [-0.1, -0.05) is 17.9 Å². The van der Waals surface area contributed by atoms with Crippen LogP contribution in [0.2, 0.25) is 0 Å². The highest BCUT2D eigenvalue weighted by atomic mass is 19.4. The monoisotopic (exact) mass is 271 g/mol. The third kappa shape index (κ3) is 3.40. The second-order valence-corrected chi connectivity index (χ2v) is 4.02. The summed E-state index contributed by atoms with van der Waals surface area (Å²) in [6.45, 7) is 0. The summed E-state index contributed by atoms with van der Waals surface area (Å²) in [5, 5.41) is 8.65. The largest absolute Gasteiger partial charge is 0.416 e. The molecule has 0 aliphatic carbocycles. The molecule has 0 fully saturated rings. The van der Waals surface area contributed by atoms with Crippen molar-refractivity contribution in [3.8, 4) is 17.9 Å². The van der Waals surface area contributed by atoms with Crippen molar-refractivity contribution >= 4 is 0 Å². The fourth-order valence-electron chi connectivity index (χ4n) is 1.55. The summed E-state index contributed by atoms with van der Waals surface area (Å²) in [5.74, 6) is 5.44. The van der Waals surface area contributed by atoms with Crippen molar-refractivity contribution in [1.82, 2.24) is 0 Å². The third-order valence-corrected chi connectivity index (χ3v) is 2.56. The minimum atomic E-state index is -4.37. The molecule has 2 rings (SSSR count). The molecule has 0 radical (unpaired) electrons. The minimum absolute atomic E-state index is 0.296. The van der Waals surface area contributed by atoms with Gasteiger partial charge in [0.05, 0.1) is 17.2 Å². The Hall–Kier alpha value is -2.72. The molecule has 0 atom stereocenters. The van der Waals surface area contributed by atoms with Crippen LogP contribution in [-0.2, 0) is 6.18 Å². The van der Waals surface area contributed by atoms with Crippen molar-refractivity contribution in [2.75, 3.05) is 0 Å². The van der Waals surface area contributed by atoms with E-state index in [1.807, 2.05) is 6.07 Å². The van der Waals surface area contributed by atoms with Crippen molar-refractivity contribution in [3.63, 3.8) is 0 Å². The third-order valence-electron chi connectivity index (χ3n) is 2.56. The molecule has 0 aliphatic heterocycles. The van der Waals surface area contributed by atoms with Crippen LogP contribution in [-0.4, -0.2) is 0 Å². The van der Waals surface area contributed by atoms with E-state index >= 15 is 0 Å². The van der Waals surface area contributed by atoms with Crippen LogP contribution < -0.4 is 0 Å². The first-order valence-electron chi connectivity index (χ1n) is 5.68. The molecule has 2 aromatic carbocycles. The van der Waals surface area contributed by atoms with E-state index in [-0.39, 0.29) is 0 Å². The average Bonchev–Trinajstić information content (AvgIpc) is 2.45. The first-order chi connectivity index (χ1) is 9.49. The van der Waals surface area contributed by atoms with Crippen molar-refractivity contribution in [1.29, 1.82) is 5.26 Å². The van der Waals surface area contributed by atoms with Gasteiger partial charge in [-0.2, -0.15) is 18.4 Å². The van der Waals surface area contributed by atoms with E-state index in [4.69, 9.17) is 5.26 Å². The molecular weight excluding hydrogens is 263 g/mol. The van der Waals surface area contributed by atoms with Gasteiger partial charge in [0.25, 0.3) is 0 Å². The summed E-state index contributed by atoms with van der Waals surface area (Å²) in [4.78, 5) is 0. The van der Waals surface area contributed by atoms with Gasteiger partial charge in [-0.05, 0) is 42.5 Å². The zero-order chi connectivity index (χ0) is 14.6. The molecule has 20 heavy (non-hydrogen) atoms. The van der Waals surface area contributed by atoms with E-state index in [1.54, 1.807) is 24.3 Å². The number of halogens is 3. The Morgan fingerprint density at radius 1 is 0.800 bits per heavy atom. The number of hydrogen-bond acceptors (Lipinski definition) is 1. The summed E-state index contributed by atoms with van der Waals surface area (Å²) in [5.41, 5.74) is 0.726. The molecule has 0 heterocycles. The Morgan fingerprint density at radius 2 is 1.40 bits per heavy atom. The Bertz CT molecular complexity index is 710. The van der Waals surface area contributed by atoms with Crippen LogP contribution in [0.1, 0.15) is 22.3 Å². The van der Waals surface area contributed by atoms with Gasteiger partial charge in [-0.15, -0.1) is 0 Å². The molecule has 0 saturated heterocycles. The maximum absolute atomic E-state index is 12.5. The van der Waals surface area contributed by atoms with Crippen molar-refractivity contribution in [2.45, 2.75) is 6.18 Å². The maximum atomic E-state index is 12.5. The summed E-state index contributed by atoms with van der Waals surface area (Å²) >= 11 is 0. The summed E-state index contributed by atoms with van der Waals surface area (Å²) in [7, 11) is 0. The van der Waals surface area contributed by atoms with Gasteiger partial charge in [0.2, 0.25) is 0 Å². The van der Waals surface area contributed by atoms with Crippen molar-refractivity contribution in [2.24, 2.45) is 0 Å². The van der Waals surface area contributed by atoms with Crippen molar-refractivity contribution in [3.05, 3.63) is 70.8 Å². The number of benzene rings is 2. The van der Waals surface area contributed by atoms with Crippen LogP contribution in [0.3, 0.4) is 0 Å². The van der Waals surface area contributed by atoms with E-state index in [0.717, 1.165) is 12.1 Å². The molecule has 98 valence electrons. The summed E-state index contributed by atoms with van der Waals surface area (Å²) < 4.78 is 37.6. The number of alkyl halides is 3. The number of hydrogen-bond donors (Lipinski definition) is 0. The standard InChI is InChI=1S/C16H8F3N/c17-16(18,19)15-3-1-2-13(10-15)7-4-12-5-8-14(11-20)9-6-12/h1-3,5-6,8-10H. The van der Waals surface area contributed by atoms with Crippen LogP contribution in [0.5, 0.6) is 0 Å². The molecule has 1 nitrogen and oxygen atoms in total. The fraction of sp³-hybridized carbons (Fsp3) is 0.0625. The van der Waals surface area contributed by atoms with Crippen molar-refractivity contribution < 1.29 is 13.2 Å². The molecule has 2 aromatic rings. The molecule has 0 aliphatic rings. The maximum Gasteiger partial charge on any atom is 0.416 e. The molecule has 4 heteroatoms. The SMILES string of the molecule is N#Cc1ccc(C#Cc2cccc(C(F)(F)F)c2)cc1. The van der Waals surface area contributed by atoms with Gasteiger partial charge in [0, 0.05) is 11.1 Å². The van der Waals surface area contributed by atoms with Gasteiger partial charge in [0.15, 0.2) is 0 Å². The van der Waals surface area contributed by atoms with Crippen LogP contribution in [0.25, 0.3) is 0 Å². The Balaban J connectivity index is 2.26. The predicted molar refractivity (Wildman–Crippen MR) is 68.6 cm³/mol. The highest BCUT2D eigenvalue weighted by molar-refractivity contribution is 5.45. The smallest absolute Gasteiger partial charge is 0.192 e. The fourth-order valence-corrected chi connectivity index (χ4v) is 1.55. The van der Waals surface area contributed by atoms with E-state index in [9.17, 15) is 13.2 Å². The van der Waals surface area contributed by atoms with E-state index < -0.39 is 11.7 Å². The highest BCUT2D eigenvalue weighted by Gasteiger charge is 2.30. The lowest BCUT2D eigenvalue weighted by Gasteiger charge is -2.05. The molecule has 0 aromatic heterocycles. The zero-order valence-corrected chi connectivity index (χ0v) is 10.2. The van der Waals surface area contributed by atoms with E-state index in [2.05, 4.69) is 11.8 Å². The summed E-state index contributed by atoms with van der Waals surface area (Å²) in [6, 6.07) is 13.4. The van der Waals surface area contributed by atoms with Gasteiger partial charge in [-0.3, -0.25) is 0 Å². The quantitative estimate of drug-likeness (QED) is 0.665. The Morgan fingerprint density at radius 3 is 2.00 bits per heavy atom. The molecule has 0 amide bonds. The van der Waals surface area contributed by atoms with E-state index in [1.165, 1.54) is 12.1 Å². The number of nitrogens with zero attached hydrogens (tertiary/aromatic N) is 1. The first kappa shape index (κ1) is 13.7. The van der Waals surface area contributed by atoms with Gasteiger partial charge in [0.1, 0.15) is 0 Å². The molecule has 0 N–H and O–H groups in total. The zero-order valence-electron chi connectivity index (χ0n) is 10.2. The normalized spacial score (nSPS) is 10.3. The number of nitriles is 1. The molecular formula is C16H8F3N. The van der Waals surface area contributed by atoms with Crippen LogP contribution >= 0.6 is 0 Å². The first-order valence-corrected chi connectivity index (χ1v) is 5.68. The lowest BCUT2D eigenvalue weighted by Crippen LogP contribution is -2.04. The lowest BCUT2D eigenvalue weighted by molar-refractivity contribution is -0.137. The second kappa shape index (κ2) is 5.50. The van der Waals surface area contributed by atoms with Gasteiger partial charge in [-0.25, -0.2) is 0 Å². The second-order valence-electron chi connectivity index (χ2n) is 4.02. The Labute approximate surface area is 114 Å². The topological polar surface area (TPSA) is 23.8 Å². The van der Waals surface area contributed by atoms with Gasteiger partial charge < -0.3 is 0 Å². The Kier molecular flexibility index (Phi) is 3.77. The van der Waals surface area contributed by atoms with Crippen LogP contribution in [0, 0.1) is 23.2 Å². The molecule has 0 saturated carbocycles. The lowest BCUT2D eigenvalue weighted by atomic mass is 10.1. The highest BCUT2D eigenvalue weighted by Crippen LogP contribution is 2.29. The van der Waals surface area contributed by atoms with Gasteiger partial charge >= 0.3 is 6.18 Å². The van der Waals surface area contributed by atoms with E-state index in [0.29, 0.717) is 16.7 Å². The average molecular weight is 271 g/mol.